The van der Waals surface area contributed by atoms with Crippen LogP contribution < -0.4 is 5.19 Å². The van der Waals surface area contributed by atoms with Crippen LogP contribution in [-0.2, 0) is 0 Å². The van der Waals surface area contributed by atoms with Crippen molar-refractivity contribution in [3.8, 4) is 0 Å². The zero-order chi connectivity index (χ0) is 5.11. The Kier molecular flexibility index (Phi) is 1.27. The zero-order valence-corrected chi connectivity index (χ0v) is 6.23. The molecular weight excluding hydrogens is 100 g/mol. The Morgan fingerprint density at radius 3 is 2.57 bits per heavy atom. The number of benzene rings is 1. The lowest BCUT2D eigenvalue weighted by Gasteiger charge is -1.81. The monoisotopic (exact) mass is 106 g/mol. The van der Waals surface area contributed by atoms with E-state index in [4.69, 9.17) is 0 Å². The van der Waals surface area contributed by atoms with Crippen molar-refractivity contribution in [1.82, 2.24) is 0 Å². The molecule has 0 aromatic heterocycles. The molecule has 0 spiro atoms. The Labute approximate surface area is 46.6 Å². The van der Waals surface area contributed by atoms with Crippen molar-refractivity contribution < 1.29 is 0 Å². The summed E-state index contributed by atoms with van der Waals surface area (Å²) in [5.74, 6) is 0. The zero-order valence-electron chi connectivity index (χ0n) is 4.23. The molecule has 0 atom stereocenters. The van der Waals surface area contributed by atoms with E-state index >= 15 is 0 Å². The SMILES string of the molecule is [SiH3]c1c[c][c]cc1. The summed E-state index contributed by atoms with van der Waals surface area (Å²) in [6, 6.07) is 11.6. The van der Waals surface area contributed by atoms with Gasteiger partial charge in [0.1, 0.15) is 0 Å². The molecule has 0 saturated heterocycles. The fourth-order valence-electron chi connectivity index (χ4n) is 0.425. The van der Waals surface area contributed by atoms with Gasteiger partial charge >= 0.3 is 0 Å². The first-order valence-electron chi connectivity index (χ1n) is 2.24. The van der Waals surface area contributed by atoms with Gasteiger partial charge in [0.2, 0.25) is 0 Å². The minimum absolute atomic E-state index is 1.12. The van der Waals surface area contributed by atoms with Gasteiger partial charge in [-0.25, -0.2) is 0 Å². The Morgan fingerprint density at radius 2 is 2.29 bits per heavy atom. The molecule has 1 aromatic rings. The summed E-state index contributed by atoms with van der Waals surface area (Å²) in [4.78, 5) is 0. The van der Waals surface area contributed by atoms with Gasteiger partial charge in [-0.15, -0.1) is 0 Å². The Hall–Kier alpha value is -0.563. The average Bonchev–Trinajstić information content (AvgIpc) is 1.69. The van der Waals surface area contributed by atoms with Crippen LogP contribution in [0.2, 0.25) is 0 Å². The van der Waals surface area contributed by atoms with Gasteiger partial charge in [-0.3, -0.25) is 0 Å². The second kappa shape index (κ2) is 1.94. The molecule has 34 valence electrons. The Morgan fingerprint density at radius 1 is 1.43 bits per heavy atom. The van der Waals surface area contributed by atoms with Crippen LogP contribution in [0.5, 0.6) is 0 Å². The maximum Gasteiger partial charge on any atom is 0.0385 e. The van der Waals surface area contributed by atoms with Crippen molar-refractivity contribution in [2.24, 2.45) is 0 Å². The van der Waals surface area contributed by atoms with E-state index in [9.17, 15) is 0 Å². The van der Waals surface area contributed by atoms with E-state index in [0.717, 1.165) is 10.2 Å². The fourth-order valence-corrected chi connectivity index (χ4v) is 0.736. The highest BCUT2D eigenvalue weighted by molar-refractivity contribution is 6.32. The molecule has 0 amide bonds. The molecule has 0 N–H and O–H groups in total. The van der Waals surface area contributed by atoms with Crippen molar-refractivity contribution in [2.45, 2.75) is 0 Å². The van der Waals surface area contributed by atoms with Gasteiger partial charge in [-0.1, -0.05) is 23.4 Å². The first-order valence-corrected chi connectivity index (χ1v) is 3.24. The van der Waals surface area contributed by atoms with Crippen LogP contribution in [0.4, 0.5) is 0 Å². The molecule has 0 bridgehead atoms. The lowest BCUT2D eigenvalue weighted by Crippen LogP contribution is -1.97. The molecule has 0 aliphatic carbocycles. The third-order valence-corrected chi connectivity index (χ3v) is 1.43. The van der Waals surface area contributed by atoms with Gasteiger partial charge in [0, 0.05) is 10.2 Å². The van der Waals surface area contributed by atoms with E-state index in [1.165, 1.54) is 5.19 Å². The molecule has 0 aliphatic rings. The quantitative estimate of drug-likeness (QED) is 0.383. The third-order valence-electron chi connectivity index (χ3n) is 0.813. The smallest absolute Gasteiger partial charge is 0.0385 e. The highest BCUT2D eigenvalue weighted by atomic mass is 28.1. The van der Waals surface area contributed by atoms with Crippen LogP contribution in [0.1, 0.15) is 0 Å². The second-order valence-electron chi connectivity index (χ2n) is 1.51. The summed E-state index contributed by atoms with van der Waals surface area (Å²) >= 11 is 0. The molecule has 1 aromatic carbocycles. The fraction of sp³-hybridized carbons (Fsp3) is 0. The van der Waals surface area contributed by atoms with Gasteiger partial charge in [0.05, 0.1) is 0 Å². The van der Waals surface area contributed by atoms with E-state index in [1.54, 1.807) is 0 Å². The summed E-state index contributed by atoms with van der Waals surface area (Å²) in [5.41, 5.74) is 0. The van der Waals surface area contributed by atoms with Crippen molar-refractivity contribution in [1.29, 1.82) is 0 Å². The van der Waals surface area contributed by atoms with Crippen molar-refractivity contribution in [3.63, 3.8) is 0 Å². The minimum Gasteiger partial charge on any atom is -0.0701 e. The van der Waals surface area contributed by atoms with Crippen molar-refractivity contribution >= 4 is 15.4 Å². The van der Waals surface area contributed by atoms with Gasteiger partial charge in [-0.2, -0.15) is 0 Å². The predicted molar refractivity (Wildman–Crippen MR) is 33.7 cm³/mol. The van der Waals surface area contributed by atoms with Crippen LogP contribution in [-0.4, -0.2) is 10.2 Å². The van der Waals surface area contributed by atoms with Crippen LogP contribution in [0.3, 0.4) is 0 Å². The standard InChI is InChI=1S/C6H6Si/c7-6-4-2-1-3-5-6/h2,4-5H,7H3. The van der Waals surface area contributed by atoms with Gasteiger partial charge in [0.15, 0.2) is 0 Å². The Balaban J connectivity index is 3.02. The first kappa shape index (κ1) is 4.59. The summed E-state index contributed by atoms with van der Waals surface area (Å²) in [6.45, 7) is 0. The van der Waals surface area contributed by atoms with Crippen LogP contribution in [0.15, 0.2) is 18.2 Å². The molecule has 2 radical (unpaired) electrons. The normalized spacial score (nSPS) is 9.14. The number of hydrogen-bond acceptors (Lipinski definition) is 0. The van der Waals surface area contributed by atoms with E-state index in [0.29, 0.717) is 0 Å². The van der Waals surface area contributed by atoms with Gasteiger partial charge in [-0.05, 0) is 12.1 Å². The second-order valence-corrected chi connectivity index (χ2v) is 2.67. The van der Waals surface area contributed by atoms with Gasteiger partial charge < -0.3 is 0 Å². The lowest BCUT2D eigenvalue weighted by atomic mass is 10.4. The molecule has 0 unspecified atom stereocenters. The molecule has 1 rings (SSSR count). The van der Waals surface area contributed by atoms with E-state index in [2.05, 4.69) is 18.2 Å². The third kappa shape index (κ3) is 1.16. The lowest BCUT2D eigenvalue weighted by molar-refractivity contribution is 1.73. The first-order chi connectivity index (χ1) is 3.39. The predicted octanol–water partition coefficient (Wildman–Crippen LogP) is -0.722. The summed E-state index contributed by atoms with van der Waals surface area (Å²) in [5, 5.41) is 1.37. The molecule has 0 nitrogen and oxygen atoms in total. The maximum absolute atomic E-state index is 2.87. The maximum atomic E-state index is 2.87. The Bertz CT molecular complexity index is 134. The molecule has 0 aliphatic heterocycles. The average molecular weight is 106 g/mol. The van der Waals surface area contributed by atoms with Crippen LogP contribution >= 0.6 is 0 Å². The number of hydrogen-bond donors (Lipinski definition) is 0. The highest BCUT2D eigenvalue weighted by Gasteiger charge is 1.73. The molecule has 7 heavy (non-hydrogen) atoms. The molecule has 0 heterocycles. The van der Waals surface area contributed by atoms with E-state index < -0.39 is 0 Å². The van der Waals surface area contributed by atoms with Gasteiger partial charge in [0.25, 0.3) is 0 Å². The van der Waals surface area contributed by atoms with E-state index in [1.807, 2.05) is 12.1 Å². The molecule has 0 saturated carbocycles. The number of rotatable bonds is 0. The summed E-state index contributed by atoms with van der Waals surface area (Å²) < 4.78 is 0. The van der Waals surface area contributed by atoms with Crippen molar-refractivity contribution in [3.05, 3.63) is 30.3 Å². The van der Waals surface area contributed by atoms with Crippen molar-refractivity contribution in [2.75, 3.05) is 0 Å². The molecule has 1 heteroatoms. The summed E-state index contributed by atoms with van der Waals surface area (Å²) in [7, 11) is 1.12. The molecule has 0 fully saturated rings. The van der Waals surface area contributed by atoms with Crippen LogP contribution in [0, 0.1) is 12.1 Å². The van der Waals surface area contributed by atoms with E-state index in [-0.39, 0.29) is 0 Å². The summed E-state index contributed by atoms with van der Waals surface area (Å²) in [6.07, 6.45) is 0. The molecular formula is C6H6Si. The van der Waals surface area contributed by atoms with Crippen LogP contribution in [0.25, 0.3) is 0 Å². The highest BCUT2D eigenvalue weighted by Crippen LogP contribution is 1.73. The largest absolute Gasteiger partial charge is 0.0701 e. The minimum atomic E-state index is 1.12. The topological polar surface area (TPSA) is 0 Å².